The predicted octanol–water partition coefficient (Wildman–Crippen LogP) is 4.71. The highest BCUT2D eigenvalue weighted by molar-refractivity contribution is 6.11. The standard InChI is InChI=1S/C26H25F3N6O/c1-34-10-7-21(26(27,28)29)23(16-34)31-25(36)24-20-12-18(5-6-22(20)32-33-24)19-11-17(13-30-14-19)15-35-8-3-2-4-9-35/h5-7,10-14,16H,2-4,8-9,15H2,1H3,(H-,31,32,33,36)/p+1. The monoisotopic (exact) mass is 495 g/mol. The molecule has 1 aliphatic heterocycles. The SMILES string of the molecule is C[n+]1ccc(C(F)(F)F)c(NC(=O)c2n[nH]c3ccc(-c4cncc(CN5CCCCC5)c4)cc23)c1. The number of likely N-dealkylation sites (tertiary alicyclic amines) is 1. The number of aromatic amines is 1. The zero-order valence-electron chi connectivity index (χ0n) is 19.8. The molecule has 36 heavy (non-hydrogen) atoms. The zero-order valence-corrected chi connectivity index (χ0v) is 19.8. The number of halogens is 3. The van der Waals surface area contributed by atoms with Crippen molar-refractivity contribution in [2.45, 2.75) is 32.0 Å². The third-order valence-electron chi connectivity index (χ3n) is 6.41. The first-order valence-corrected chi connectivity index (χ1v) is 11.8. The Hall–Kier alpha value is -3.79. The smallest absolute Gasteiger partial charge is 0.315 e. The number of pyridine rings is 2. The zero-order chi connectivity index (χ0) is 25.3. The van der Waals surface area contributed by atoms with Crippen molar-refractivity contribution in [1.29, 1.82) is 0 Å². The fraction of sp³-hybridized carbons (Fsp3) is 0.308. The fourth-order valence-electron chi connectivity index (χ4n) is 4.60. The number of piperidine rings is 1. The van der Waals surface area contributed by atoms with E-state index < -0.39 is 17.6 Å². The third kappa shape index (κ3) is 5.08. The number of carbonyl (C=O) groups excluding carboxylic acids is 1. The summed E-state index contributed by atoms with van der Waals surface area (Å²) in [6, 6.07) is 8.53. The summed E-state index contributed by atoms with van der Waals surface area (Å²) in [6.45, 7) is 3.00. The molecule has 5 rings (SSSR count). The summed E-state index contributed by atoms with van der Waals surface area (Å²) in [6.07, 6.45) is 5.22. The number of anilines is 1. The Balaban J connectivity index is 1.43. The van der Waals surface area contributed by atoms with Crippen LogP contribution < -0.4 is 9.88 Å². The Morgan fingerprint density at radius 1 is 1.11 bits per heavy atom. The second kappa shape index (κ2) is 9.69. The molecule has 1 aromatic carbocycles. The number of fused-ring (bicyclic) bond motifs is 1. The third-order valence-corrected chi connectivity index (χ3v) is 6.41. The van der Waals surface area contributed by atoms with Crippen molar-refractivity contribution in [3.63, 3.8) is 0 Å². The maximum atomic E-state index is 13.5. The molecule has 1 amide bonds. The lowest BCUT2D eigenvalue weighted by atomic mass is 10.0. The number of amides is 1. The van der Waals surface area contributed by atoms with E-state index in [1.54, 1.807) is 19.3 Å². The molecule has 7 nitrogen and oxygen atoms in total. The van der Waals surface area contributed by atoms with Crippen molar-refractivity contribution >= 4 is 22.5 Å². The maximum absolute atomic E-state index is 13.5. The van der Waals surface area contributed by atoms with Crippen molar-refractivity contribution in [1.82, 2.24) is 20.1 Å². The predicted molar refractivity (Wildman–Crippen MR) is 129 cm³/mol. The number of benzene rings is 1. The highest BCUT2D eigenvalue weighted by Crippen LogP contribution is 2.34. The molecule has 2 N–H and O–H groups in total. The number of aromatic nitrogens is 4. The number of alkyl halides is 3. The molecule has 10 heteroatoms. The van der Waals surface area contributed by atoms with E-state index in [0.717, 1.165) is 42.4 Å². The Morgan fingerprint density at radius 2 is 1.92 bits per heavy atom. The number of H-pyrrole nitrogens is 1. The average molecular weight is 496 g/mol. The van der Waals surface area contributed by atoms with Crippen molar-refractivity contribution in [3.8, 4) is 11.1 Å². The van der Waals surface area contributed by atoms with Gasteiger partial charge in [-0.1, -0.05) is 12.5 Å². The van der Waals surface area contributed by atoms with Crippen LogP contribution in [0.15, 0.2) is 55.1 Å². The number of nitrogens with zero attached hydrogens (tertiary/aromatic N) is 4. The van der Waals surface area contributed by atoms with Crippen molar-refractivity contribution in [3.05, 3.63) is 71.9 Å². The minimum atomic E-state index is -4.61. The van der Waals surface area contributed by atoms with E-state index in [1.807, 2.05) is 18.3 Å². The molecule has 0 unspecified atom stereocenters. The fourth-order valence-corrected chi connectivity index (χ4v) is 4.60. The van der Waals surface area contributed by atoms with E-state index in [4.69, 9.17) is 0 Å². The van der Waals surface area contributed by atoms with E-state index >= 15 is 0 Å². The minimum Gasteiger partial charge on any atom is -0.315 e. The van der Waals surface area contributed by atoms with Crippen molar-refractivity contribution in [2.75, 3.05) is 18.4 Å². The molecule has 0 saturated carbocycles. The second-order valence-electron chi connectivity index (χ2n) is 9.14. The molecule has 0 spiro atoms. The second-order valence-corrected chi connectivity index (χ2v) is 9.14. The maximum Gasteiger partial charge on any atom is 0.418 e. The summed E-state index contributed by atoms with van der Waals surface area (Å²) in [5.74, 6) is -0.730. The summed E-state index contributed by atoms with van der Waals surface area (Å²) < 4.78 is 41.8. The van der Waals surface area contributed by atoms with Crippen LogP contribution in [0.25, 0.3) is 22.0 Å². The van der Waals surface area contributed by atoms with Gasteiger partial charge in [0.1, 0.15) is 12.7 Å². The molecular formula is C26H26F3N6O+. The number of hydrogen-bond acceptors (Lipinski definition) is 4. The van der Waals surface area contributed by atoms with Crippen molar-refractivity contribution < 1.29 is 22.5 Å². The van der Waals surface area contributed by atoms with E-state index in [0.29, 0.717) is 10.9 Å². The quantitative estimate of drug-likeness (QED) is 0.393. The lowest BCUT2D eigenvalue weighted by molar-refractivity contribution is -0.671. The summed E-state index contributed by atoms with van der Waals surface area (Å²) in [4.78, 5) is 19.8. The Kier molecular flexibility index (Phi) is 6.44. The Bertz CT molecular complexity index is 1410. The van der Waals surface area contributed by atoms with Gasteiger partial charge >= 0.3 is 6.18 Å². The van der Waals surface area contributed by atoms with Gasteiger partial charge in [-0.05, 0) is 55.3 Å². The molecule has 4 heterocycles. The molecular weight excluding hydrogens is 469 g/mol. The van der Waals surface area contributed by atoms with Crippen LogP contribution in [-0.4, -0.2) is 39.1 Å². The summed E-state index contributed by atoms with van der Waals surface area (Å²) >= 11 is 0. The first-order chi connectivity index (χ1) is 17.3. The van der Waals surface area contributed by atoms with E-state index in [-0.39, 0.29) is 11.4 Å². The number of rotatable bonds is 5. The minimum absolute atomic E-state index is 0.0175. The highest BCUT2D eigenvalue weighted by atomic mass is 19.4. The van der Waals surface area contributed by atoms with Crippen LogP contribution in [0, 0.1) is 0 Å². The van der Waals surface area contributed by atoms with Gasteiger partial charge in [-0.15, -0.1) is 0 Å². The van der Waals surface area contributed by atoms with Gasteiger partial charge in [-0.2, -0.15) is 18.3 Å². The van der Waals surface area contributed by atoms with Gasteiger partial charge in [0.2, 0.25) is 0 Å². The molecule has 1 aliphatic rings. The van der Waals surface area contributed by atoms with E-state index in [1.165, 1.54) is 36.2 Å². The Labute approximate surface area is 206 Å². The van der Waals surface area contributed by atoms with Crippen LogP contribution >= 0.6 is 0 Å². The molecule has 4 aromatic rings. The number of aryl methyl sites for hydroxylation is 1. The molecule has 0 aliphatic carbocycles. The molecule has 1 saturated heterocycles. The van der Waals surface area contributed by atoms with Crippen molar-refractivity contribution in [2.24, 2.45) is 7.05 Å². The van der Waals surface area contributed by atoms with Crippen LogP contribution in [0.4, 0.5) is 18.9 Å². The lowest BCUT2D eigenvalue weighted by Crippen LogP contribution is -2.30. The van der Waals surface area contributed by atoms with Gasteiger partial charge in [0.05, 0.1) is 11.1 Å². The molecule has 186 valence electrons. The molecule has 0 bridgehead atoms. The van der Waals surface area contributed by atoms with Crippen LogP contribution in [0.5, 0.6) is 0 Å². The first-order valence-electron chi connectivity index (χ1n) is 11.8. The van der Waals surface area contributed by atoms with Gasteiger partial charge in [0.25, 0.3) is 5.91 Å². The van der Waals surface area contributed by atoms with Gasteiger partial charge < -0.3 is 5.32 Å². The average Bonchev–Trinajstić information content (AvgIpc) is 3.28. The summed E-state index contributed by atoms with van der Waals surface area (Å²) in [7, 11) is 1.58. The molecule has 0 atom stereocenters. The summed E-state index contributed by atoms with van der Waals surface area (Å²) in [5.41, 5.74) is 2.21. The Morgan fingerprint density at radius 3 is 2.69 bits per heavy atom. The normalized spacial score (nSPS) is 14.8. The number of hydrogen-bond donors (Lipinski definition) is 2. The highest BCUT2D eigenvalue weighted by Gasteiger charge is 2.35. The van der Waals surface area contributed by atoms with E-state index in [9.17, 15) is 18.0 Å². The molecule has 0 radical (unpaired) electrons. The van der Waals surface area contributed by atoms with E-state index in [2.05, 4.69) is 31.5 Å². The number of nitrogens with one attached hydrogen (secondary N) is 2. The molecule has 1 fully saturated rings. The summed E-state index contributed by atoms with van der Waals surface area (Å²) in [5, 5.41) is 9.78. The van der Waals surface area contributed by atoms with Crippen LogP contribution in [0.3, 0.4) is 0 Å². The number of carbonyl (C=O) groups is 1. The molecule has 3 aromatic heterocycles. The van der Waals surface area contributed by atoms with Gasteiger partial charge in [0, 0.05) is 36.0 Å². The van der Waals surface area contributed by atoms with Gasteiger partial charge in [-0.3, -0.25) is 19.8 Å². The lowest BCUT2D eigenvalue weighted by Gasteiger charge is -2.26. The largest absolute Gasteiger partial charge is 0.418 e. The first kappa shape index (κ1) is 23.9. The van der Waals surface area contributed by atoms with Crippen LogP contribution in [-0.2, 0) is 19.8 Å². The topological polar surface area (TPSA) is 77.8 Å². The van der Waals surface area contributed by atoms with Gasteiger partial charge in [0.15, 0.2) is 18.1 Å². The van der Waals surface area contributed by atoms with Crippen LogP contribution in [0.1, 0.15) is 40.9 Å². The van der Waals surface area contributed by atoms with Crippen LogP contribution in [0.2, 0.25) is 0 Å². The van der Waals surface area contributed by atoms with Gasteiger partial charge in [-0.25, -0.2) is 4.57 Å².